The SMILES string of the molecule is CCOC(=O)c1c(C)[nH]c(C)c1S(=O)(=O)NCCN1CCc2ccccc2C1. The maximum atomic E-state index is 12.9. The molecule has 2 N–H and O–H groups in total. The van der Waals surface area contributed by atoms with Gasteiger partial charge in [0.05, 0.1) is 6.61 Å². The number of ether oxygens (including phenoxy) is 1. The lowest BCUT2D eigenvalue weighted by molar-refractivity contribution is 0.0521. The normalized spacial score (nSPS) is 14.7. The third kappa shape index (κ3) is 4.29. The first-order valence-electron chi connectivity index (χ1n) is 9.48. The van der Waals surface area contributed by atoms with Crippen molar-refractivity contribution < 1.29 is 17.9 Å². The van der Waals surface area contributed by atoms with Crippen LogP contribution in [0.5, 0.6) is 0 Å². The number of aryl methyl sites for hydroxylation is 2. The number of carbonyl (C=O) groups is 1. The van der Waals surface area contributed by atoms with Gasteiger partial charge in [0.2, 0.25) is 10.0 Å². The van der Waals surface area contributed by atoms with E-state index >= 15 is 0 Å². The molecule has 2 aromatic rings. The lowest BCUT2D eigenvalue weighted by Gasteiger charge is -2.28. The highest BCUT2D eigenvalue weighted by Crippen LogP contribution is 2.24. The van der Waals surface area contributed by atoms with Crippen LogP contribution in [0.3, 0.4) is 0 Å². The second kappa shape index (κ2) is 8.46. The highest BCUT2D eigenvalue weighted by Gasteiger charge is 2.29. The third-order valence-electron chi connectivity index (χ3n) is 5.00. The average Bonchev–Trinajstić information content (AvgIpc) is 2.96. The van der Waals surface area contributed by atoms with Crippen molar-refractivity contribution in [2.24, 2.45) is 0 Å². The molecular formula is C20H27N3O4S. The molecule has 1 aliphatic heterocycles. The number of aromatic amines is 1. The summed E-state index contributed by atoms with van der Waals surface area (Å²) < 4.78 is 33.4. The summed E-state index contributed by atoms with van der Waals surface area (Å²) in [6.07, 6.45) is 0.964. The van der Waals surface area contributed by atoms with Crippen LogP contribution in [-0.4, -0.2) is 50.5 Å². The number of benzene rings is 1. The van der Waals surface area contributed by atoms with E-state index in [2.05, 4.69) is 26.7 Å². The van der Waals surface area contributed by atoms with E-state index in [1.165, 1.54) is 11.1 Å². The lowest BCUT2D eigenvalue weighted by Crippen LogP contribution is -2.38. The van der Waals surface area contributed by atoms with Crippen LogP contribution >= 0.6 is 0 Å². The zero-order valence-electron chi connectivity index (χ0n) is 16.5. The highest BCUT2D eigenvalue weighted by molar-refractivity contribution is 7.89. The Hall–Kier alpha value is -2.16. The summed E-state index contributed by atoms with van der Waals surface area (Å²) in [5, 5.41) is 0. The number of rotatable bonds is 7. The monoisotopic (exact) mass is 405 g/mol. The Labute approximate surface area is 166 Å². The molecule has 0 unspecified atom stereocenters. The minimum atomic E-state index is -3.83. The minimum Gasteiger partial charge on any atom is -0.462 e. The molecular weight excluding hydrogens is 378 g/mol. The average molecular weight is 406 g/mol. The van der Waals surface area contributed by atoms with Crippen molar-refractivity contribution in [2.45, 2.75) is 38.6 Å². The molecule has 0 amide bonds. The van der Waals surface area contributed by atoms with E-state index in [1.807, 2.05) is 12.1 Å². The van der Waals surface area contributed by atoms with Gasteiger partial charge >= 0.3 is 5.97 Å². The summed E-state index contributed by atoms with van der Waals surface area (Å²) in [6.45, 7) is 7.78. The van der Waals surface area contributed by atoms with Crippen molar-refractivity contribution in [3.63, 3.8) is 0 Å². The van der Waals surface area contributed by atoms with E-state index in [0.717, 1.165) is 19.5 Å². The van der Waals surface area contributed by atoms with Crippen molar-refractivity contribution in [2.75, 3.05) is 26.2 Å². The van der Waals surface area contributed by atoms with Gasteiger partial charge in [-0.05, 0) is 38.3 Å². The Kier molecular flexibility index (Phi) is 6.22. The van der Waals surface area contributed by atoms with Gasteiger partial charge in [-0.15, -0.1) is 0 Å². The zero-order valence-corrected chi connectivity index (χ0v) is 17.4. The predicted octanol–water partition coefficient (Wildman–Crippen LogP) is 2.14. The second-order valence-electron chi connectivity index (χ2n) is 6.99. The summed E-state index contributed by atoms with van der Waals surface area (Å²) in [5.41, 5.74) is 3.65. The lowest BCUT2D eigenvalue weighted by atomic mass is 10.0. The third-order valence-corrected chi connectivity index (χ3v) is 6.63. The molecule has 1 aromatic heterocycles. The largest absolute Gasteiger partial charge is 0.462 e. The van der Waals surface area contributed by atoms with Gasteiger partial charge in [0.1, 0.15) is 10.5 Å². The number of aromatic nitrogens is 1. The van der Waals surface area contributed by atoms with E-state index in [1.54, 1.807) is 20.8 Å². The minimum absolute atomic E-state index is 0.0209. The fourth-order valence-corrected chi connectivity index (χ4v) is 5.16. The quantitative estimate of drug-likeness (QED) is 0.689. The fourth-order valence-electron chi connectivity index (χ4n) is 3.70. The molecule has 1 aliphatic rings. The van der Waals surface area contributed by atoms with Crippen molar-refractivity contribution in [1.82, 2.24) is 14.6 Å². The van der Waals surface area contributed by atoms with E-state index in [9.17, 15) is 13.2 Å². The molecule has 7 nitrogen and oxygen atoms in total. The van der Waals surface area contributed by atoms with Crippen LogP contribution in [0, 0.1) is 13.8 Å². The van der Waals surface area contributed by atoms with Crippen molar-refractivity contribution in [3.05, 3.63) is 52.3 Å². The summed E-state index contributed by atoms with van der Waals surface area (Å²) in [4.78, 5) is 17.4. The van der Waals surface area contributed by atoms with Gasteiger partial charge in [-0.1, -0.05) is 24.3 Å². The topological polar surface area (TPSA) is 91.5 Å². The first-order chi connectivity index (χ1) is 13.3. The highest BCUT2D eigenvalue weighted by atomic mass is 32.2. The number of carbonyl (C=O) groups excluding carboxylic acids is 1. The number of fused-ring (bicyclic) bond motifs is 1. The number of H-pyrrole nitrogens is 1. The molecule has 0 saturated carbocycles. The Morgan fingerprint density at radius 3 is 2.64 bits per heavy atom. The maximum Gasteiger partial charge on any atom is 0.341 e. The molecule has 0 aliphatic carbocycles. The zero-order chi connectivity index (χ0) is 20.3. The number of hydrogen-bond acceptors (Lipinski definition) is 5. The molecule has 8 heteroatoms. The second-order valence-corrected chi connectivity index (χ2v) is 8.70. The molecule has 0 spiro atoms. The molecule has 1 aromatic carbocycles. The molecule has 3 rings (SSSR count). The van der Waals surface area contributed by atoms with E-state index < -0.39 is 16.0 Å². The van der Waals surface area contributed by atoms with Crippen molar-refractivity contribution >= 4 is 16.0 Å². The molecule has 152 valence electrons. The molecule has 0 bridgehead atoms. The summed E-state index contributed by atoms with van der Waals surface area (Å²) >= 11 is 0. The van der Waals surface area contributed by atoms with Crippen LogP contribution in [0.25, 0.3) is 0 Å². The molecule has 28 heavy (non-hydrogen) atoms. The number of hydrogen-bond donors (Lipinski definition) is 2. The van der Waals surface area contributed by atoms with Crippen LogP contribution in [0.1, 0.15) is 39.8 Å². The number of sulfonamides is 1. The number of nitrogens with one attached hydrogen (secondary N) is 2. The van der Waals surface area contributed by atoms with Gasteiger partial charge in [-0.25, -0.2) is 17.9 Å². The Bertz CT molecular complexity index is 966. The van der Waals surface area contributed by atoms with Crippen molar-refractivity contribution in [1.29, 1.82) is 0 Å². The Morgan fingerprint density at radius 1 is 1.21 bits per heavy atom. The molecule has 0 fully saturated rings. The van der Waals surface area contributed by atoms with Gasteiger partial charge in [0, 0.05) is 37.6 Å². The summed E-state index contributed by atoms with van der Waals surface area (Å²) in [6, 6.07) is 8.33. The molecule has 2 heterocycles. The Balaban J connectivity index is 1.68. The van der Waals surface area contributed by atoms with Gasteiger partial charge < -0.3 is 9.72 Å². The fraction of sp³-hybridized carbons (Fsp3) is 0.450. The standard InChI is InChI=1S/C20H27N3O4S/c1-4-27-20(24)18-14(2)22-15(3)19(18)28(25,26)21-10-12-23-11-9-16-7-5-6-8-17(16)13-23/h5-8,21-22H,4,9-13H2,1-3H3. The van der Waals surface area contributed by atoms with E-state index in [-0.39, 0.29) is 23.6 Å². The maximum absolute atomic E-state index is 12.9. The van der Waals surface area contributed by atoms with E-state index in [0.29, 0.717) is 17.9 Å². The molecule has 0 atom stereocenters. The number of nitrogens with zero attached hydrogens (tertiary/aromatic N) is 1. The van der Waals surface area contributed by atoms with Crippen LogP contribution in [0.15, 0.2) is 29.2 Å². The summed E-state index contributed by atoms with van der Waals surface area (Å²) in [5.74, 6) is -0.627. The smallest absolute Gasteiger partial charge is 0.341 e. The van der Waals surface area contributed by atoms with E-state index in [4.69, 9.17) is 4.74 Å². The van der Waals surface area contributed by atoms with Crippen LogP contribution in [0.2, 0.25) is 0 Å². The van der Waals surface area contributed by atoms with Crippen LogP contribution < -0.4 is 4.72 Å². The van der Waals surface area contributed by atoms with Gasteiger partial charge in [0.15, 0.2) is 0 Å². The van der Waals surface area contributed by atoms with Gasteiger partial charge in [-0.2, -0.15) is 0 Å². The Morgan fingerprint density at radius 2 is 1.93 bits per heavy atom. The first kappa shape index (κ1) is 20.6. The first-order valence-corrected chi connectivity index (χ1v) is 11.0. The summed E-state index contributed by atoms with van der Waals surface area (Å²) in [7, 11) is -3.83. The van der Waals surface area contributed by atoms with Gasteiger partial charge in [0.25, 0.3) is 0 Å². The number of esters is 1. The van der Waals surface area contributed by atoms with Crippen LogP contribution in [-0.2, 0) is 27.7 Å². The molecule has 0 saturated heterocycles. The van der Waals surface area contributed by atoms with Crippen molar-refractivity contribution in [3.8, 4) is 0 Å². The predicted molar refractivity (Wildman–Crippen MR) is 107 cm³/mol. The van der Waals surface area contributed by atoms with Crippen LogP contribution in [0.4, 0.5) is 0 Å². The van der Waals surface area contributed by atoms with Gasteiger partial charge in [-0.3, -0.25) is 4.90 Å². The molecule has 0 radical (unpaired) electrons.